The maximum atomic E-state index is 12.8. The van der Waals surface area contributed by atoms with E-state index in [2.05, 4.69) is 22.1 Å². The molecule has 3 aromatic rings. The first-order valence-electron chi connectivity index (χ1n) is 10.8. The Kier molecular flexibility index (Phi) is 7.27. The summed E-state index contributed by atoms with van der Waals surface area (Å²) in [6, 6.07) is 14.9. The highest BCUT2D eigenvalue weighted by atomic mass is 35.5. The molecule has 2 aromatic carbocycles. The predicted octanol–water partition coefficient (Wildman–Crippen LogP) is 6.31. The van der Waals surface area contributed by atoms with Gasteiger partial charge in [-0.3, -0.25) is 9.69 Å². The predicted molar refractivity (Wildman–Crippen MR) is 128 cm³/mol. The summed E-state index contributed by atoms with van der Waals surface area (Å²) in [6.45, 7) is 3.71. The molecule has 1 atom stereocenters. The third-order valence-corrected chi connectivity index (χ3v) is 6.52. The van der Waals surface area contributed by atoms with E-state index in [0.29, 0.717) is 33.0 Å². The number of thioether (sulfide) groups is 1. The fraction of sp³-hybridized carbons (Fsp3) is 0.333. The fourth-order valence-electron chi connectivity index (χ4n) is 3.68. The van der Waals surface area contributed by atoms with Crippen molar-refractivity contribution in [3.63, 3.8) is 0 Å². The Hall–Kier alpha value is -2.64. The molecule has 1 amide bonds. The lowest BCUT2D eigenvalue weighted by molar-refractivity contribution is -0.118. The number of unbranched alkanes of at least 4 members (excludes halogenated alkanes) is 3. The summed E-state index contributed by atoms with van der Waals surface area (Å²) in [5, 5.41) is 9.85. The lowest BCUT2D eigenvalue weighted by Crippen LogP contribution is -2.36. The number of carbonyl (C=O) groups is 1. The number of anilines is 1. The van der Waals surface area contributed by atoms with Crippen molar-refractivity contribution >= 4 is 35.0 Å². The van der Waals surface area contributed by atoms with Crippen molar-refractivity contribution in [2.24, 2.45) is 0 Å². The summed E-state index contributed by atoms with van der Waals surface area (Å²) in [7, 11) is 0. The van der Waals surface area contributed by atoms with Gasteiger partial charge in [0.15, 0.2) is 5.69 Å². The lowest BCUT2D eigenvalue weighted by atomic mass is 10.1. The zero-order valence-electron chi connectivity index (χ0n) is 18.1. The number of carbonyl (C=O) groups excluding carboxylic acids is 1. The van der Waals surface area contributed by atoms with Crippen LogP contribution in [0.15, 0.2) is 53.7 Å². The van der Waals surface area contributed by atoms with E-state index in [4.69, 9.17) is 16.3 Å². The van der Waals surface area contributed by atoms with Gasteiger partial charge in [-0.25, -0.2) is 0 Å². The first-order valence-corrected chi connectivity index (χ1v) is 12.1. The number of para-hydroxylation sites is 1. The molecule has 6 nitrogen and oxygen atoms in total. The second-order valence-corrected chi connectivity index (χ2v) is 9.02. The Labute approximate surface area is 197 Å². The van der Waals surface area contributed by atoms with Crippen LogP contribution in [0.3, 0.4) is 0 Å². The standard InChI is InChI=1S/C24H25ClN4O2S/c1-3-4-5-10-15-32-24-26-22-21(27-28-24)18-12-7-9-14-20(18)29(16(2)30)23(31-22)17-11-6-8-13-19(17)25/h6-9,11-14,23H,3-5,10,15H2,1-2H3/t23-/m1/s1. The Morgan fingerprint density at radius 3 is 2.66 bits per heavy atom. The van der Waals surface area contributed by atoms with Gasteiger partial charge in [-0.05, 0) is 18.6 Å². The Bertz CT molecular complexity index is 1110. The SMILES string of the molecule is CCCCCCSc1nnc2c(n1)O[C@H](c1ccccc1Cl)N(C(C)=O)c1ccccc1-2. The molecule has 0 saturated carbocycles. The minimum absolute atomic E-state index is 0.173. The van der Waals surface area contributed by atoms with Crippen molar-refractivity contribution in [1.82, 2.24) is 15.2 Å². The smallest absolute Gasteiger partial charge is 0.247 e. The normalized spacial score (nSPS) is 14.8. The van der Waals surface area contributed by atoms with Crippen LogP contribution in [0.1, 0.15) is 51.3 Å². The molecule has 0 fully saturated rings. The number of rotatable bonds is 7. The van der Waals surface area contributed by atoms with Gasteiger partial charge in [0, 0.05) is 28.8 Å². The number of fused-ring (bicyclic) bond motifs is 3. The molecule has 0 bridgehead atoms. The van der Waals surface area contributed by atoms with Gasteiger partial charge in [0.1, 0.15) is 0 Å². The Morgan fingerprint density at radius 1 is 1.09 bits per heavy atom. The highest BCUT2D eigenvalue weighted by Gasteiger charge is 2.35. The van der Waals surface area contributed by atoms with Crippen LogP contribution in [0.4, 0.5) is 5.69 Å². The second kappa shape index (κ2) is 10.3. The first kappa shape index (κ1) is 22.6. The van der Waals surface area contributed by atoms with Crippen LogP contribution in [-0.4, -0.2) is 26.8 Å². The number of hydrogen-bond donors (Lipinski definition) is 0. The molecule has 4 rings (SSSR count). The van der Waals surface area contributed by atoms with Crippen LogP contribution in [0.5, 0.6) is 5.88 Å². The molecule has 8 heteroatoms. The minimum Gasteiger partial charge on any atom is -0.447 e. The maximum absolute atomic E-state index is 12.8. The van der Waals surface area contributed by atoms with Crippen molar-refractivity contribution in [1.29, 1.82) is 0 Å². The molecule has 166 valence electrons. The number of hydrogen-bond acceptors (Lipinski definition) is 6. The van der Waals surface area contributed by atoms with Gasteiger partial charge in [0.05, 0.1) is 5.69 Å². The number of amides is 1. The van der Waals surface area contributed by atoms with Crippen LogP contribution in [0, 0.1) is 0 Å². The van der Waals surface area contributed by atoms with Gasteiger partial charge < -0.3 is 4.74 Å². The average molecular weight is 469 g/mol. The van der Waals surface area contributed by atoms with Crippen molar-refractivity contribution in [2.75, 3.05) is 10.7 Å². The van der Waals surface area contributed by atoms with Crippen molar-refractivity contribution in [2.45, 2.75) is 50.9 Å². The number of benzene rings is 2. The van der Waals surface area contributed by atoms with Gasteiger partial charge in [-0.1, -0.05) is 85.9 Å². The third kappa shape index (κ3) is 4.74. The number of ether oxygens (including phenoxy) is 1. The maximum Gasteiger partial charge on any atom is 0.247 e. The van der Waals surface area contributed by atoms with E-state index in [0.717, 1.165) is 17.7 Å². The number of halogens is 1. The summed E-state index contributed by atoms with van der Waals surface area (Å²) in [5.74, 6) is 1.09. The van der Waals surface area contributed by atoms with Crippen molar-refractivity contribution < 1.29 is 9.53 Å². The molecular weight excluding hydrogens is 444 g/mol. The number of aromatic nitrogens is 3. The Morgan fingerprint density at radius 2 is 1.88 bits per heavy atom. The summed E-state index contributed by atoms with van der Waals surface area (Å²) < 4.78 is 6.36. The molecule has 0 saturated heterocycles. The summed E-state index contributed by atoms with van der Waals surface area (Å²) >= 11 is 8.07. The highest BCUT2D eigenvalue weighted by molar-refractivity contribution is 7.99. The van der Waals surface area contributed by atoms with Gasteiger partial charge in [0.25, 0.3) is 0 Å². The van der Waals surface area contributed by atoms with E-state index < -0.39 is 6.23 Å². The quantitative estimate of drug-likeness (QED) is 0.299. The molecule has 1 aromatic heterocycles. The Balaban J connectivity index is 1.76. The van der Waals surface area contributed by atoms with E-state index in [1.54, 1.807) is 22.7 Å². The summed E-state index contributed by atoms with van der Waals surface area (Å²) in [5.41, 5.74) is 2.61. The minimum atomic E-state index is -0.775. The molecule has 1 aliphatic rings. The van der Waals surface area contributed by atoms with Crippen molar-refractivity contribution in [3.05, 3.63) is 59.1 Å². The zero-order chi connectivity index (χ0) is 22.5. The van der Waals surface area contributed by atoms with Crippen LogP contribution in [0.25, 0.3) is 11.3 Å². The molecule has 1 aliphatic heterocycles. The van der Waals surface area contributed by atoms with Gasteiger partial charge in [0.2, 0.25) is 23.2 Å². The molecule has 32 heavy (non-hydrogen) atoms. The van der Waals surface area contributed by atoms with Crippen LogP contribution < -0.4 is 9.64 Å². The fourth-order valence-corrected chi connectivity index (χ4v) is 4.69. The number of nitrogens with zero attached hydrogens (tertiary/aromatic N) is 4. The largest absolute Gasteiger partial charge is 0.447 e. The van der Waals surface area contributed by atoms with Crippen molar-refractivity contribution in [3.8, 4) is 17.1 Å². The van der Waals surface area contributed by atoms with Gasteiger partial charge in [-0.15, -0.1) is 10.2 Å². The zero-order valence-corrected chi connectivity index (χ0v) is 19.7. The van der Waals surface area contributed by atoms with Gasteiger partial charge in [-0.2, -0.15) is 4.98 Å². The van der Waals surface area contributed by atoms with E-state index in [1.807, 2.05) is 42.5 Å². The highest BCUT2D eigenvalue weighted by Crippen LogP contribution is 2.44. The second-order valence-electron chi connectivity index (χ2n) is 7.56. The van der Waals surface area contributed by atoms with Crippen LogP contribution >= 0.6 is 23.4 Å². The molecular formula is C24H25ClN4O2S. The monoisotopic (exact) mass is 468 g/mol. The molecule has 0 N–H and O–H groups in total. The molecule has 0 radical (unpaired) electrons. The van der Waals surface area contributed by atoms with E-state index in [-0.39, 0.29) is 5.91 Å². The topological polar surface area (TPSA) is 68.2 Å². The van der Waals surface area contributed by atoms with Gasteiger partial charge >= 0.3 is 0 Å². The molecule has 0 unspecified atom stereocenters. The molecule has 0 spiro atoms. The van der Waals surface area contributed by atoms with E-state index >= 15 is 0 Å². The third-order valence-electron chi connectivity index (χ3n) is 5.25. The lowest BCUT2D eigenvalue weighted by Gasteiger charge is -2.30. The summed E-state index contributed by atoms with van der Waals surface area (Å²) in [6.07, 6.45) is 3.94. The summed E-state index contributed by atoms with van der Waals surface area (Å²) in [4.78, 5) is 19.1. The van der Waals surface area contributed by atoms with Crippen LogP contribution in [0.2, 0.25) is 5.02 Å². The van der Waals surface area contributed by atoms with Crippen LogP contribution in [-0.2, 0) is 4.79 Å². The average Bonchev–Trinajstić information content (AvgIpc) is 2.93. The van der Waals surface area contributed by atoms with E-state index in [9.17, 15) is 4.79 Å². The molecule has 0 aliphatic carbocycles. The van der Waals surface area contributed by atoms with E-state index in [1.165, 1.54) is 26.2 Å². The first-order chi connectivity index (χ1) is 15.6. The molecule has 2 heterocycles.